The van der Waals surface area contributed by atoms with Gasteiger partial charge < -0.3 is 4.74 Å². The van der Waals surface area contributed by atoms with E-state index in [1.54, 1.807) is 0 Å². The summed E-state index contributed by atoms with van der Waals surface area (Å²) in [6.07, 6.45) is 1.87. The third kappa shape index (κ3) is 3.67. The Morgan fingerprint density at radius 3 is 2.57 bits per heavy atom. The predicted octanol–water partition coefficient (Wildman–Crippen LogP) is 2.37. The van der Waals surface area contributed by atoms with E-state index < -0.39 is 25.6 Å². The molecule has 1 N–H and O–H groups in total. The summed E-state index contributed by atoms with van der Waals surface area (Å²) in [6.45, 7) is 12.9. The van der Waals surface area contributed by atoms with Gasteiger partial charge in [0.15, 0.2) is 6.23 Å². The minimum Gasteiger partial charge on any atom is -0.350 e. The standard InChI is InChI=1S/C17H26N2O3Si/c1-7-17(3)12(2)13(9-11-23(4,5)6)15(22-17)19-10-8-14(20)18-16(19)21/h8,10,12-13,15H,7H2,1-6H3,(H,18,20,21)/t12-,13-,15+,17+/m0/s1. The van der Waals surface area contributed by atoms with E-state index in [1.807, 2.05) is 0 Å². The number of nitrogens with one attached hydrogen (secondary N) is 1. The molecule has 0 aliphatic carbocycles. The average Bonchev–Trinajstić information content (AvgIpc) is 2.69. The molecule has 1 aromatic rings. The number of rotatable bonds is 2. The number of ether oxygens (including phenoxy) is 1. The second kappa shape index (κ2) is 6.14. The lowest BCUT2D eigenvalue weighted by Crippen LogP contribution is -2.34. The molecule has 1 aliphatic rings. The molecule has 126 valence electrons. The van der Waals surface area contributed by atoms with Crippen molar-refractivity contribution < 1.29 is 4.74 Å². The van der Waals surface area contributed by atoms with Gasteiger partial charge >= 0.3 is 5.69 Å². The summed E-state index contributed by atoms with van der Waals surface area (Å²) < 4.78 is 7.71. The average molecular weight is 334 g/mol. The maximum atomic E-state index is 12.2. The van der Waals surface area contributed by atoms with Crippen LogP contribution >= 0.6 is 0 Å². The summed E-state index contributed by atoms with van der Waals surface area (Å²) in [5.74, 6) is 3.51. The molecular formula is C17H26N2O3Si. The Morgan fingerprint density at radius 2 is 2.04 bits per heavy atom. The molecule has 0 spiro atoms. The molecule has 0 aromatic carbocycles. The van der Waals surface area contributed by atoms with Crippen molar-refractivity contribution in [3.63, 3.8) is 0 Å². The molecule has 0 radical (unpaired) electrons. The van der Waals surface area contributed by atoms with Gasteiger partial charge in [-0.05, 0) is 13.3 Å². The number of nitrogens with zero attached hydrogens (tertiary/aromatic N) is 1. The molecule has 1 saturated heterocycles. The van der Waals surface area contributed by atoms with Crippen molar-refractivity contribution in [3.05, 3.63) is 33.1 Å². The van der Waals surface area contributed by atoms with Crippen LogP contribution in [0.2, 0.25) is 19.6 Å². The summed E-state index contributed by atoms with van der Waals surface area (Å²) in [6, 6.07) is 1.35. The highest BCUT2D eigenvalue weighted by atomic mass is 28.3. The van der Waals surface area contributed by atoms with E-state index in [0.29, 0.717) is 0 Å². The lowest BCUT2D eigenvalue weighted by atomic mass is 9.82. The van der Waals surface area contributed by atoms with Gasteiger partial charge in [-0.1, -0.05) is 33.5 Å². The van der Waals surface area contributed by atoms with Crippen LogP contribution in [-0.2, 0) is 4.74 Å². The first-order valence-electron chi connectivity index (χ1n) is 8.09. The molecule has 23 heavy (non-hydrogen) atoms. The molecule has 4 atom stereocenters. The molecule has 0 unspecified atom stereocenters. The minimum atomic E-state index is -1.53. The van der Waals surface area contributed by atoms with E-state index in [1.165, 1.54) is 16.8 Å². The van der Waals surface area contributed by atoms with Crippen LogP contribution in [0.1, 0.15) is 33.4 Å². The maximum absolute atomic E-state index is 12.2. The van der Waals surface area contributed by atoms with Crippen molar-refractivity contribution in [2.75, 3.05) is 0 Å². The number of H-pyrrole nitrogens is 1. The van der Waals surface area contributed by atoms with E-state index in [-0.39, 0.29) is 17.4 Å². The quantitative estimate of drug-likeness (QED) is 0.667. The molecule has 1 aromatic heterocycles. The van der Waals surface area contributed by atoms with Gasteiger partial charge in [-0.15, -0.1) is 11.5 Å². The number of hydrogen-bond donors (Lipinski definition) is 1. The lowest BCUT2D eigenvalue weighted by molar-refractivity contribution is -0.0774. The summed E-state index contributed by atoms with van der Waals surface area (Å²) in [4.78, 5) is 25.8. The van der Waals surface area contributed by atoms with E-state index in [2.05, 4.69) is 56.9 Å². The molecule has 0 bridgehead atoms. The van der Waals surface area contributed by atoms with Crippen LogP contribution in [0.4, 0.5) is 0 Å². The Kier molecular flexibility index (Phi) is 4.74. The summed E-state index contributed by atoms with van der Waals surface area (Å²) in [5.41, 5.74) is 2.22. The van der Waals surface area contributed by atoms with Crippen molar-refractivity contribution in [2.45, 2.75) is 58.7 Å². The third-order valence-corrected chi connectivity index (χ3v) is 5.53. The molecule has 6 heteroatoms. The van der Waals surface area contributed by atoms with E-state index in [9.17, 15) is 9.59 Å². The number of hydrogen-bond acceptors (Lipinski definition) is 3. The van der Waals surface area contributed by atoms with Crippen LogP contribution in [-0.4, -0.2) is 23.2 Å². The highest BCUT2D eigenvalue weighted by Gasteiger charge is 2.49. The zero-order valence-electron chi connectivity index (χ0n) is 14.8. The third-order valence-electron chi connectivity index (χ3n) is 4.64. The van der Waals surface area contributed by atoms with Crippen molar-refractivity contribution >= 4 is 8.07 Å². The molecule has 1 fully saturated rings. The molecule has 1 aliphatic heterocycles. The zero-order valence-corrected chi connectivity index (χ0v) is 15.8. The number of aromatic amines is 1. The molecule has 0 saturated carbocycles. The van der Waals surface area contributed by atoms with Gasteiger partial charge in [0.05, 0.1) is 11.5 Å². The van der Waals surface area contributed by atoms with Crippen molar-refractivity contribution in [3.8, 4) is 11.5 Å². The van der Waals surface area contributed by atoms with E-state index in [0.717, 1.165) is 6.42 Å². The Labute approximate surface area is 138 Å². The SMILES string of the molecule is CC[C@@]1(C)O[C@@H](n2ccc(=O)[nH]c2=O)[C@@H](C#C[Si](C)(C)C)[C@@H]1C. The van der Waals surface area contributed by atoms with Crippen LogP contribution in [0.15, 0.2) is 21.9 Å². The van der Waals surface area contributed by atoms with Crippen LogP contribution in [0.5, 0.6) is 0 Å². The van der Waals surface area contributed by atoms with Gasteiger partial charge in [0.25, 0.3) is 5.56 Å². The first-order chi connectivity index (χ1) is 10.6. The maximum Gasteiger partial charge on any atom is 0.330 e. The van der Waals surface area contributed by atoms with Crippen molar-refractivity contribution in [1.29, 1.82) is 0 Å². The fraction of sp³-hybridized carbons (Fsp3) is 0.647. The van der Waals surface area contributed by atoms with Gasteiger partial charge in [0.2, 0.25) is 0 Å². The van der Waals surface area contributed by atoms with E-state index in [4.69, 9.17) is 4.74 Å². The number of aromatic nitrogens is 2. The first-order valence-corrected chi connectivity index (χ1v) is 11.6. The van der Waals surface area contributed by atoms with Crippen LogP contribution in [0, 0.1) is 23.3 Å². The fourth-order valence-electron chi connectivity index (χ4n) is 2.84. The molecule has 2 rings (SSSR count). The largest absolute Gasteiger partial charge is 0.350 e. The van der Waals surface area contributed by atoms with Gasteiger partial charge in [-0.25, -0.2) is 4.79 Å². The second-order valence-corrected chi connectivity index (χ2v) is 12.3. The highest BCUT2D eigenvalue weighted by molar-refractivity contribution is 6.83. The van der Waals surface area contributed by atoms with Crippen LogP contribution in [0.25, 0.3) is 0 Å². The van der Waals surface area contributed by atoms with Gasteiger partial charge in [0.1, 0.15) is 8.07 Å². The fourth-order valence-corrected chi connectivity index (χ4v) is 3.44. The molecule has 0 amide bonds. The Hall–Kier alpha value is -1.58. The molecule has 5 nitrogen and oxygen atoms in total. The minimum absolute atomic E-state index is 0.0738. The van der Waals surface area contributed by atoms with Crippen molar-refractivity contribution in [1.82, 2.24) is 9.55 Å². The normalized spacial score (nSPS) is 30.8. The van der Waals surface area contributed by atoms with Gasteiger partial charge in [-0.2, -0.15) is 0 Å². The lowest BCUT2D eigenvalue weighted by Gasteiger charge is -2.27. The van der Waals surface area contributed by atoms with Crippen LogP contribution in [0.3, 0.4) is 0 Å². The summed E-state index contributed by atoms with van der Waals surface area (Å²) in [7, 11) is -1.53. The highest BCUT2D eigenvalue weighted by Crippen LogP contribution is 2.46. The zero-order chi connectivity index (χ0) is 17.4. The monoisotopic (exact) mass is 334 g/mol. The first kappa shape index (κ1) is 17.8. The van der Waals surface area contributed by atoms with Gasteiger partial charge in [0, 0.05) is 18.2 Å². The Balaban J connectivity index is 2.51. The van der Waals surface area contributed by atoms with Crippen molar-refractivity contribution in [2.24, 2.45) is 11.8 Å². The summed E-state index contributed by atoms with van der Waals surface area (Å²) in [5, 5.41) is 0. The Bertz CT molecular complexity index is 750. The van der Waals surface area contributed by atoms with E-state index >= 15 is 0 Å². The Morgan fingerprint density at radius 1 is 1.39 bits per heavy atom. The topological polar surface area (TPSA) is 64.1 Å². The second-order valence-electron chi connectivity index (χ2n) is 7.53. The smallest absolute Gasteiger partial charge is 0.330 e. The molecule has 2 heterocycles. The van der Waals surface area contributed by atoms with Crippen LogP contribution < -0.4 is 11.2 Å². The summed E-state index contributed by atoms with van der Waals surface area (Å²) >= 11 is 0. The predicted molar refractivity (Wildman–Crippen MR) is 93.9 cm³/mol. The van der Waals surface area contributed by atoms with Gasteiger partial charge in [-0.3, -0.25) is 14.3 Å². The molecular weight excluding hydrogens is 308 g/mol.